The van der Waals surface area contributed by atoms with Gasteiger partial charge in [-0.1, -0.05) is 23.5 Å². The molecule has 2 heterocycles. The molecule has 0 radical (unpaired) electrons. The number of aryl methyl sites for hydroxylation is 2. The molecule has 5 rings (SSSR count). The van der Waals surface area contributed by atoms with Gasteiger partial charge in [-0.2, -0.15) is 5.10 Å². The first-order valence-electron chi connectivity index (χ1n) is 10.5. The zero-order valence-electron chi connectivity index (χ0n) is 18.8. The Morgan fingerprint density at radius 1 is 0.909 bits per heavy atom. The molecule has 0 amide bonds. The average molecular weight is 458 g/mol. The van der Waals surface area contributed by atoms with Gasteiger partial charge in [0.2, 0.25) is 5.13 Å². The molecule has 5 aromatic rings. The van der Waals surface area contributed by atoms with Crippen LogP contribution in [0.25, 0.3) is 32.5 Å². The lowest BCUT2D eigenvalue weighted by Gasteiger charge is -2.11. The molecule has 6 nitrogen and oxygen atoms in total. The van der Waals surface area contributed by atoms with E-state index in [4.69, 9.17) is 19.0 Å². The van der Waals surface area contributed by atoms with Gasteiger partial charge in [0.1, 0.15) is 11.3 Å². The molecule has 0 saturated carbocycles. The number of aromatic nitrogens is 1. The van der Waals surface area contributed by atoms with Crippen molar-refractivity contribution in [2.75, 3.05) is 19.6 Å². The summed E-state index contributed by atoms with van der Waals surface area (Å²) in [5.41, 5.74) is 8.04. The summed E-state index contributed by atoms with van der Waals surface area (Å²) in [6, 6.07) is 19.8. The summed E-state index contributed by atoms with van der Waals surface area (Å²) in [6.45, 7) is 4.16. The Hall–Kier alpha value is -3.84. The van der Waals surface area contributed by atoms with Gasteiger partial charge in [-0.15, -0.1) is 0 Å². The molecule has 0 bridgehead atoms. The highest BCUT2D eigenvalue weighted by Gasteiger charge is 2.12. The van der Waals surface area contributed by atoms with Crippen LogP contribution < -0.4 is 20.3 Å². The van der Waals surface area contributed by atoms with E-state index in [2.05, 4.69) is 36.4 Å². The van der Waals surface area contributed by atoms with Crippen molar-refractivity contribution in [3.05, 3.63) is 77.1 Å². The summed E-state index contributed by atoms with van der Waals surface area (Å²) in [4.78, 5) is 4.62. The molecule has 2 aromatic heterocycles. The van der Waals surface area contributed by atoms with Crippen molar-refractivity contribution < 1.29 is 13.9 Å². The van der Waals surface area contributed by atoms with Crippen molar-refractivity contribution in [3.8, 4) is 22.8 Å². The lowest BCUT2D eigenvalue weighted by Crippen LogP contribution is -2.08. The third-order valence-electron chi connectivity index (χ3n) is 5.59. The summed E-state index contributed by atoms with van der Waals surface area (Å²) in [5.74, 6) is 1.98. The van der Waals surface area contributed by atoms with Crippen LogP contribution in [0.1, 0.15) is 11.1 Å². The maximum absolute atomic E-state index is 6.30. The highest BCUT2D eigenvalue weighted by atomic mass is 32.1. The second-order valence-electron chi connectivity index (χ2n) is 7.71. The predicted octanol–water partition coefficient (Wildman–Crippen LogP) is 6.27. The summed E-state index contributed by atoms with van der Waals surface area (Å²) in [6.07, 6.45) is 0. The highest BCUT2D eigenvalue weighted by molar-refractivity contribution is 7.22. The number of anilines is 1. The molecule has 1 N–H and O–H groups in total. The Bertz CT molecular complexity index is 1520. The largest absolute Gasteiger partial charge is 0.493 e. The number of ether oxygens (including phenoxy) is 2. The van der Waals surface area contributed by atoms with Gasteiger partial charge >= 0.3 is 0 Å². The maximum atomic E-state index is 6.30. The number of hydrogen-bond acceptors (Lipinski definition) is 7. The number of hydrogen-bond donors (Lipinski definition) is 1. The molecule has 33 heavy (non-hydrogen) atoms. The average Bonchev–Trinajstić information content (AvgIpc) is 3.26. The van der Waals surface area contributed by atoms with E-state index in [1.54, 1.807) is 25.6 Å². The zero-order chi connectivity index (χ0) is 22.9. The molecule has 0 saturated heterocycles. The number of benzene rings is 3. The van der Waals surface area contributed by atoms with Crippen molar-refractivity contribution >= 4 is 37.7 Å². The van der Waals surface area contributed by atoms with Crippen molar-refractivity contribution in [3.63, 3.8) is 0 Å². The lowest BCUT2D eigenvalue weighted by atomic mass is 10.1. The normalized spacial score (nSPS) is 11.8. The molecule has 0 aliphatic carbocycles. The zero-order valence-corrected chi connectivity index (χ0v) is 19.6. The number of thiazole rings is 1. The van der Waals surface area contributed by atoms with E-state index in [-0.39, 0.29) is 0 Å². The summed E-state index contributed by atoms with van der Waals surface area (Å²) in [7, 11) is 3.24. The molecule has 0 spiro atoms. The van der Waals surface area contributed by atoms with E-state index in [1.165, 1.54) is 5.56 Å². The second-order valence-corrected chi connectivity index (χ2v) is 8.74. The van der Waals surface area contributed by atoms with Gasteiger partial charge in [0.05, 0.1) is 29.8 Å². The fourth-order valence-electron chi connectivity index (χ4n) is 3.68. The van der Waals surface area contributed by atoms with E-state index < -0.39 is 0 Å². The number of fused-ring (bicyclic) bond motifs is 2. The molecular weight excluding hydrogens is 434 g/mol. The standard InChI is InChI=1S/C26H23N3O3S/c1-15-11-18-20(28-29-26-27-19-7-5-6-8-25(19)33-26)14-22(32-23(18)12-16(15)2)17-9-10-21(30-3)24(13-17)31-4/h5-14H,1-4H3,(H,27,29). The van der Waals surface area contributed by atoms with Crippen molar-refractivity contribution in [1.82, 2.24) is 4.98 Å². The summed E-state index contributed by atoms with van der Waals surface area (Å²) in [5, 5.41) is 7.15. The van der Waals surface area contributed by atoms with E-state index in [1.807, 2.05) is 48.5 Å². The van der Waals surface area contributed by atoms with Crippen LogP contribution in [0.5, 0.6) is 11.5 Å². The van der Waals surface area contributed by atoms with Crippen molar-refractivity contribution in [2.24, 2.45) is 5.10 Å². The van der Waals surface area contributed by atoms with Crippen LogP contribution in [0.15, 0.2) is 70.2 Å². The van der Waals surface area contributed by atoms with Gasteiger partial charge in [-0.05, 0) is 67.4 Å². The minimum atomic E-state index is 0.636. The van der Waals surface area contributed by atoms with Crippen LogP contribution in [-0.4, -0.2) is 19.2 Å². The van der Waals surface area contributed by atoms with Crippen LogP contribution >= 0.6 is 11.3 Å². The number of para-hydroxylation sites is 1. The summed E-state index contributed by atoms with van der Waals surface area (Å²) >= 11 is 1.57. The third-order valence-corrected chi connectivity index (χ3v) is 6.53. The first kappa shape index (κ1) is 21.0. The molecule has 0 atom stereocenters. The number of nitrogens with one attached hydrogen (secondary N) is 1. The number of methoxy groups -OCH3 is 2. The van der Waals surface area contributed by atoms with E-state index in [0.29, 0.717) is 17.3 Å². The maximum Gasteiger partial charge on any atom is 0.204 e. The second kappa shape index (κ2) is 8.60. The van der Waals surface area contributed by atoms with Crippen LogP contribution in [0, 0.1) is 13.8 Å². The molecular formula is C26H23N3O3S. The Kier molecular flexibility index (Phi) is 5.48. The number of rotatable bonds is 5. The van der Waals surface area contributed by atoms with Crippen LogP contribution in [-0.2, 0) is 0 Å². The Labute approximate surface area is 195 Å². The number of nitrogens with zero attached hydrogens (tertiary/aromatic N) is 2. The Balaban J connectivity index is 1.66. The predicted molar refractivity (Wildman–Crippen MR) is 133 cm³/mol. The van der Waals surface area contributed by atoms with Gasteiger partial charge in [0.25, 0.3) is 0 Å². The molecule has 3 aromatic carbocycles. The van der Waals surface area contributed by atoms with E-state index in [0.717, 1.165) is 42.8 Å². The van der Waals surface area contributed by atoms with Gasteiger partial charge < -0.3 is 13.9 Å². The van der Waals surface area contributed by atoms with Gasteiger partial charge in [0, 0.05) is 17.0 Å². The molecule has 166 valence electrons. The summed E-state index contributed by atoms with van der Waals surface area (Å²) < 4.78 is 18.3. The topological polar surface area (TPSA) is 68.9 Å². The van der Waals surface area contributed by atoms with E-state index >= 15 is 0 Å². The lowest BCUT2D eigenvalue weighted by molar-refractivity contribution is 0.355. The Morgan fingerprint density at radius 2 is 1.70 bits per heavy atom. The molecule has 0 aliphatic heterocycles. The smallest absolute Gasteiger partial charge is 0.204 e. The minimum absolute atomic E-state index is 0.636. The fraction of sp³-hybridized carbons (Fsp3) is 0.154. The quantitative estimate of drug-likeness (QED) is 0.315. The SMILES string of the molecule is COc1ccc(-c2cc(=NNc3nc4ccccc4s3)c3cc(C)c(C)cc3o2)cc1OC. The Morgan fingerprint density at radius 3 is 2.48 bits per heavy atom. The van der Waals surface area contributed by atoms with Crippen LogP contribution in [0.2, 0.25) is 0 Å². The minimum Gasteiger partial charge on any atom is -0.493 e. The molecule has 0 fully saturated rings. The highest BCUT2D eigenvalue weighted by Crippen LogP contribution is 2.33. The third kappa shape index (κ3) is 4.03. The molecule has 7 heteroatoms. The first-order valence-corrected chi connectivity index (χ1v) is 11.3. The first-order chi connectivity index (χ1) is 16.1. The fourth-order valence-corrected chi connectivity index (χ4v) is 4.48. The molecule has 0 unspecified atom stereocenters. The molecule has 0 aliphatic rings. The monoisotopic (exact) mass is 457 g/mol. The van der Waals surface area contributed by atoms with Gasteiger partial charge in [0.15, 0.2) is 11.5 Å². The van der Waals surface area contributed by atoms with Crippen molar-refractivity contribution in [2.45, 2.75) is 13.8 Å². The van der Waals surface area contributed by atoms with Gasteiger partial charge in [-0.3, -0.25) is 5.43 Å². The van der Waals surface area contributed by atoms with Crippen LogP contribution in [0.3, 0.4) is 0 Å². The van der Waals surface area contributed by atoms with E-state index in [9.17, 15) is 0 Å². The van der Waals surface area contributed by atoms with Crippen LogP contribution in [0.4, 0.5) is 5.13 Å². The van der Waals surface area contributed by atoms with Gasteiger partial charge in [-0.25, -0.2) is 4.98 Å². The van der Waals surface area contributed by atoms with Crippen molar-refractivity contribution in [1.29, 1.82) is 0 Å².